The molecule has 2 amide bonds. The molecule has 0 bridgehead atoms. The van der Waals surface area contributed by atoms with Gasteiger partial charge in [0.2, 0.25) is 21.8 Å². The summed E-state index contributed by atoms with van der Waals surface area (Å²) in [6.07, 6.45) is 2.40. The molecular weight excluding hydrogens is 460 g/mol. The summed E-state index contributed by atoms with van der Waals surface area (Å²) >= 11 is 0. The second kappa shape index (κ2) is 10.6. The van der Waals surface area contributed by atoms with Crippen molar-refractivity contribution in [2.75, 3.05) is 62.3 Å². The molecule has 2 fully saturated rings. The molecule has 2 atom stereocenters. The van der Waals surface area contributed by atoms with Crippen LogP contribution in [0, 0.1) is 0 Å². The SMILES string of the molecule is CCN(CC)S(=O)(=O)c1ccc2c(c1)N(CC(=O)NC[C@H]1COCCO1)C(=O)[C@H]1CCCCN21. The molecule has 3 aliphatic rings. The zero-order valence-corrected chi connectivity index (χ0v) is 20.7. The Balaban J connectivity index is 1.62. The summed E-state index contributed by atoms with van der Waals surface area (Å²) in [4.78, 5) is 29.9. The topological polar surface area (TPSA) is 108 Å². The van der Waals surface area contributed by atoms with Crippen molar-refractivity contribution in [1.29, 1.82) is 0 Å². The van der Waals surface area contributed by atoms with E-state index < -0.39 is 10.0 Å². The van der Waals surface area contributed by atoms with E-state index in [2.05, 4.69) is 10.2 Å². The quantitative estimate of drug-likeness (QED) is 0.573. The molecule has 34 heavy (non-hydrogen) atoms. The average molecular weight is 495 g/mol. The lowest BCUT2D eigenvalue weighted by atomic mass is 9.96. The van der Waals surface area contributed by atoms with Gasteiger partial charge in [0.05, 0.1) is 42.2 Å². The van der Waals surface area contributed by atoms with Crippen molar-refractivity contribution in [3.8, 4) is 0 Å². The maximum absolute atomic E-state index is 13.5. The Labute approximate surface area is 201 Å². The van der Waals surface area contributed by atoms with Gasteiger partial charge in [0.1, 0.15) is 12.6 Å². The highest BCUT2D eigenvalue weighted by Gasteiger charge is 2.40. The molecule has 188 valence electrons. The molecular formula is C23H34N4O6S. The van der Waals surface area contributed by atoms with Crippen molar-refractivity contribution in [3.63, 3.8) is 0 Å². The molecule has 1 aromatic rings. The molecule has 0 aliphatic carbocycles. The van der Waals surface area contributed by atoms with Crippen LogP contribution in [0.25, 0.3) is 0 Å². The number of anilines is 2. The fourth-order valence-electron chi connectivity index (χ4n) is 4.86. The van der Waals surface area contributed by atoms with E-state index in [1.54, 1.807) is 26.0 Å². The first-order valence-corrected chi connectivity index (χ1v) is 13.5. The highest BCUT2D eigenvalue weighted by molar-refractivity contribution is 7.89. The normalized spacial score (nSPS) is 23.0. The van der Waals surface area contributed by atoms with E-state index in [1.165, 1.54) is 15.3 Å². The first-order valence-electron chi connectivity index (χ1n) is 12.0. The van der Waals surface area contributed by atoms with Crippen molar-refractivity contribution < 1.29 is 27.5 Å². The fraction of sp³-hybridized carbons (Fsp3) is 0.652. The third-order valence-corrected chi connectivity index (χ3v) is 8.70. The number of ether oxygens (including phenoxy) is 2. The summed E-state index contributed by atoms with van der Waals surface area (Å²) in [6.45, 7) is 6.56. The van der Waals surface area contributed by atoms with Crippen LogP contribution in [0.4, 0.5) is 11.4 Å². The molecule has 0 aromatic heterocycles. The number of hydrogen-bond donors (Lipinski definition) is 1. The Morgan fingerprint density at radius 2 is 1.97 bits per heavy atom. The van der Waals surface area contributed by atoms with Gasteiger partial charge in [-0.15, -0.1) is 0 Å². The lowest BCUT2D eigenvalue weighted by Gasteiger charge is -2.45. The Morgan fingerprint density at radius 3 is 2.68 bits per heavy atom. The van der Waals surface area contributed by atoms with E-state index in [4.69, 9.17) is 9.47 Å². The van der Waals surface area contributed by atoms with Crippen LogP contribution in [0.2, 0.25) is 0 Å². The summed E-state index contributed by atoms with van der Waals surface area (Å²) < 4.78 is 38.6. The van der Waals surface area contributed by atoms with Crippen molar-refractivity contribution in [2.45, 2.75) is 50.2 Å². The van der Waals surface area contributed by atoms with Gasteiger partial charge >= 0.3 is 0 Å². The summed E-state index contributed by atoms with van der Waals surface area (Å²) in [5.74, 6) is -0.494. The minimum Gasteiger partial charge on any atom is -0.376 e. The number of nitrogens with one attached hydrogen (secondary N) is 1. The molecule has 3 heterocycles. The Kier molecular flexibility index (Phi) is 7.76. The van der Waals surface area contributed by atoms with Crippen LogP contribution in [-0.4, -0.2) is 89.2 Å². The van der Waals surface area contributed by atoms with Gasteiger partial charge in [-0.05, 0) is 37.5 Å². The van der Waals surface area contributed by atoms with Crippen LogP contribution >= 0.6 is 0 Å². The number of nitrogens with zero attached hydrogens (tertiary/aromatic N) is 3. The van der Waals surface area contributed by atoms with Crippen molar-refractivity contribution in [1.82, 2.24) is 9.62 Å². The molecule has 0 saturated carbocycles. The summed E-state index contributed by atoms with van der Waals surface area (Å²) in [7, 11) is -3.71. The fourth-order valence-corrected chi connectivity index (χ4v) is 6.33. The number of rotatable bonds is 8. The molecule has 0 radical (unpaired) electrons. The van der Waals surface area contributed by atoms with Gasteiger partial charge in [0.25, 0.3) is 0 Å². The summed E-state index contributed by atoms with van der Waals surface area (Å²) in [5.41, 5.74) is 1.25. The van der Waals surface area contributed by atoms with E-state index >= 15 is 0 Å². The van der Waals surface area contributed by atoms with Gasteiger partial charge in [0.15, 0.2) is 0 Å². The Hall–Kier alpha value is -2.21. The standard InChI is InChI=1S/C23H34N4O6S/c1-3-25(4-2)34(30,31)18-8-9-19-21(13-18)27(23(29)20-7-5-6-10-26(19)20)15-22(28)24-14-17-16-32-11-12-33-17/h8-9,13,17,20H,3-7,10-12,14-16H2,1-2H3,(H,24,28)/t17-,20+/m0/s1. The number of carbonyl (C=O) groups excluding carboxylic acids is 2. The largest absolute Gasteiger partial charge is 0.376 e. The minimum absolute atomic E-state index is 0.122. The molecule has 0 spiro atoms. The van der Waals surface area contributed by atoms with Crippen LogP contribution in [0.3, 0.4) is 0 Å². The second-order valence-electron chi connectivity index (χ2n) is 8.74. The number of piperidine rings is 1. The molecule has 11 heteroatoms. The van der Waals surface area contributed by atoms with E-state index in [0.717, 1.165) is 25.1 Å². The molecule has 1 aromatic carbocycles. The number of amides is 2. The van der Waals surface area contributed by atoms with E-state index in [9.17, 15) is 18.0 Å². The molecule has 3 aliphatic heterocycles. The van der Waals surface area contributed by atoms with Gasteiger partial charge in [-0.25, -0.2) is 8.42 Å². The first kappa shape index (κ1) is 24.9. The zero-order chi connectivity index (χ0) is 24.3. The van der Waals surface area contributed by atoms with Gasteiger partial charge in [0, 0.05) is 26.2 Å². The van der Waals surface area contributed by atoms with Gasteiger partial charge in [-0.2, -0.15) is 4.31 Å². The Bertz CT molecular complexity index is 1010. The smallest absolute Gasteiger partial charge is 0.250 e. The minimum atomic E-state index is -3.71. The maximum atomic E-state index is 13.5. The first-order chi connectivity index (χ1) is 16.4. The molecule has 4 rings (SSSR count). The predicted molar refractivity (Wildman–Crippen MR) is 127 cm³/mol. The van der Waals surface area contributed by atoms with E-state index in [0.29, 0.717) is 51.6 Å². The third kappa shape index (κ3) is 4.93. The van der Waals surface area contributed by atoms with Crippen LogP contribution in [0.15, 0.2) is 23.1 Å². The van der Waals surface area contributed by atoms with Crippen LogP contribution < -0.4 is 15.1 Å². The van der Waals surface area contributed by atoms with Crippen molar-refractivity contribution in [3.05, 3.63) is 18.2 Å². The zero-order valence-electron chi connectivity index (χ0n) is 19.9. The van der Waals surface area contributed by atoms with Gasteiger partial charge in [-0.1, -0.05) is 13.8 Å². The number of benzene rings is 1. The highest BCUT2D eigenvalue weighted by Crippen LogP contribution is 2.40. The third-order valence-electron chi connectivity index (χ3n) is 6.66. The monoisotopic (exact) mass is 494 g/mol. The second-order valence-corrected chi connectivity index (χ2v) is 10.7. The van der Waals surface area contributed by atoms with E-state index in [1.807, 2.05) is 0 Å². The predicted octanol–water partition coefficient (Wildman–Crippen LogP) is 0.954. The van der Waals surface area contributed by atoms with Crippen molar-refractivity contribution in [2.24, 2.45) is 0 Å². The van der Waals surface area contributed by atoms with Gasteiger partial charge in [-0.3, -0.25) is 14.5 Å². The molecule has 1 N–H and O–H groups in total. The average Bonchev–Trinajstić information content (AvgIpc) is 2.86. The maximum Gasteiger partial charge on any atom is 0.250 e. The van der Waals surface area contributed by atoms with Gasteiger partial charge < -0.3 is 19.7 Å². The molecule has 2 saturated heterocycles. The lowest BCUT2D eigenvalue weighted by Crippen LogP contribution is -2.57. The lowest BCUT2D eigenvalue weighted by molar-refractivity contribution is -0.126. The van der Waals surface area contributed by atoms with Crippen LogP contribution in [-0.2, 0) is 29.1 Å². The summed E-state index contributed by atoms with van der Waals surface area (Å²) in [6, 6.07) is 4.58. The van der Waals surface area contributed by atoms with Crippen LogP contribution in [0.5, 0.6) is 0 Å². The number of fused-ring (bicyclic) bond motifs is 3. The number of sulfonamides is 1. The van der Waals surface area contributed by atoms with Crippen molar-refractivity contribution >= 4 is 33.2 Å². The van der Waals surface area contributed by atoms with E-state index in [-0.39, 0.29) is 35.4 Å². The highest BCUT2D eigenvalue weighted by atomic mass is 32.2. The number of carbonyl (C=O) groups is 2. The summed E-state index contributed by atoms with van der Waals surface area (Å²) in [5, 5.41) is 2.83. The number of hydrogen-bond acceptors (Lipinski definition) is 7. The Morgan fingerprint density at radius 1 is 1.18 bits per heavy atom. The van der Waals surface area contributed by atoms with Crippen LogP contribution in [0.1, 0.15) is 33.1 Å². The molecule has 10 nitrogen and oxygen atoms in total. The molecule has 0 unspecified atom stereocenters.